The quantitative estimate of drug-likeness (QED) is 0.0344. The maximum atomic E-state index is 13.6. The van der Waals surface area contributed by atoms with Gasteiger partial charge in [-0.3, -0.25) is 9.48 Å². The van der Waals surface area contributed by atoms with Crippen LogP contribution in [0.1, 0.15) is 89.0 Å². The Labute approximate surface area is 808 Å². The number of fused-ring (bicyclic) bond motifs is 5. The highest BCUT2D eigenvalue weighted by Gasteiger charge is 2.32. The maximum absolute atomic E-state index is 13.6. The van der Waals surface area contributed by atoms with Crippen molar-refractivity contribution in [2.45, 2.75) is 103 Å². The van der Waals surface area contributed by atoms with E-state index in [2.05, 4.69) is 93.1 Å². The first kappa shape index (κ1) is 92.5. The van der Waals surface area contributed by atoms with Crippen LogP contribution in [0, 0.1) is 29.1 Å². The van der Waals surface area contributed by atoms with Crippen molar-refractivity contribution in [3.63, 3.8) is 0 Å². The van der Waals surface area contributed by atoms with Gasteiger partial charge in [0.25, 0.3) is 0 Å². The molecule has 1 amide bonds. The Morgan fingerprint density at radius 3 is 1.04 bits per heavy atom. The van der Waals surface area contributed by atoms with Crippen molar-refractivity contribution in [2.24, 2.45) is 7.05 Å². The fourth-order valence-electron chi connectivity index (χ4n) is 19.0. The lowest BCUT2D eigenvalue weighted by molar-refractivity contribution is -0.132. The van der Waals surface area contributed by atoms with Crippen molar-refractivity contribution in [1.82, 2.24) is 122 Å². The zero-order valence-electron chi connectivity index (χ0n) is 78.5. The number of H-pyrrole nitrogens is 5. The second kappa shape index (κ2) is 41.6. The number of carbonyl (C=O) groups excluding carboxylic acids is 1. The second-order valence-corrected chi connectivity index (χ2v) is 35.9. The lowest BCUT2D eigenvalue weighted by Gasteiger charge is -2.33. The number of amides is 1. The van der Waals surface area contributed by atoms with Gasteiger partial charge in [0.15, 0.2) is 0 Å². The summed E-state index contributed by atoms with van der Waals surface area (Å²) in [5, 5.41) is 13.1. The minimum atomic E-state index is -0.270. The summed E-state index contributed by atoms with van der Waals surface area (Å²) in [5.74, 6) is -1.06. The lowest BCUT2D eigenvalue weighted by Crippen LogP contribution is -2.40. The Kier molecular flexibility index (Phi) is 27.3. The molecule has 16 aromatic heterocycles. The molecule has 27 nitrogen and oxygen atoms in total. The Hall–Kier alpha value is -16.2. The van der Waals surface area contributed by atoms with Crippen LogP contribution in [0.15, 0.2) is 288 Å². The molecule has 5 aromatic carbocycles. The van der Waals surface area contributed by atoms with Crippen LogP contribution in [-0.2, 0) is 29.7 Å². The van der Waals surface area contributed by atoms with Crippen LogP contribution >= 0.6 is 0 Å². The Morgan fingerprint density at radius 2 is 0.709 bits per heavy atom. The van der Waals surface area contributed by atoms with Gasteiger partial charge in [-0.15, -0.1) is 0 Å². The third-order valence-corrected chi connectivity index (χ3v) is 26.3. The number of aromatic amines is 5. The molecule has 0 unspecified atom stereocenters. The summed E-state index contributed by atoms with van der Waals surface area (Å²) in [6, 6.07) is 55.7. The summed E-state index contributed by atoms with van der Waals surface area (Å²) in [7, 11) is 5.87. The number of nitrogens with one attached hydrogen (secondary N) is 6. The van der Waals surface area contributed by atoms with E-state index in [1.165, 1.54) is 79.9 Å². The Morgan fingerprint density at radius 1 is 0.390 bits per heavy atom. The molecule has 1 aliphatic carbocycles. The first-order valence-corrected chi connectivity index (χ1v) is 47.4. The average Bonchev–Trinajstić information content (AvgIpc) is 1.54. The van der Waals surface area contributed by atoms with E-state index in [4.69, 9.17) is 19.7 Å². The molecule has 141 heavy (non-hydrogen) atoms. The lowest BCUT2D eigenvalue weighted by atomic mass is 9.92. The zero-order chi connectivity index (χ0) is 96.6. The summed E-state index contributed by atoms with van der Waals surface area (Å²) < 4.78 is 85.7. The molecular weight excluding hydrogens is 1790 g/mol. The first-order valence-electron chi connectivity index (χ1n) is 47.4. The first-order chi connectivity index (χ1) is 68.9. The van der Waals surface area contributed by atoms with Gasteiger partial charge in [-0.1, -0.05) is 0 Å². The molecular formula is C109H104F5N25O2. The third-order valence-electron chi connectivity index (χ3n) is 26.3. The topological polar surface area (TPSA) is 295 Å². The number of pyridine rings is 5. The van der Waals surface area contributed by atoms with Gasteiger partial charge < -0.3 is 67.6 Å². The van der Waals surface area contributed by atoms with Crippen LogP contribution in [0.25, 0.3) is 168 Å². The standard InChI is InChI=1S/C26H29FN6O.C21H17FN6.C21H20FN5.C21H21FN4O.C20H17FN4/c1-31(2)14-11-23(34)32-15-9-20(10-16-32)33-17-30-24(18-3-5-19(27)6-4-18)25(33)21-7-12-28-26-22(21)8-13-29-26;1-27-11-8-16(26-27)12-28-13-25-19(14-2-4-15(22)5-3-14)20(28)17-6-9-23-21-18(17)7-10-24-21;22-15-3-1-14(2-4-15)19-20(17-7-11-24-21-18(17)8-12-25-21)27(13-26-19)16-5-9-23-10-6-16;1-14(2)27-12-11-26-13-25-19(15-3-5-16(22)6-4-15)20(26)17-7-9-23-21-18(17)8-10-24-21;21-14-6-4-13(5-7-14)18-19(25(12-24-18)15-2-1-3-15)16-8-10-22-20-17(16)9-11-23-20/h3-8,12-13,17,20H,9-11,14-16H2,1-2H3,(H,28,29);2-11,13H,12H2,1H3,(H,23,24);1-4,7-8,11-13,16,23H,5-6,9-10H2,(H,24,25);3-10,13-14H,11-12H2,1-2H3,(H,23,24);4-12,15H,1-3H2,(H,22,23). The molecule has 32 heteroatoms. The number of nitrogens with zero attached hydrogens (tertiary/aromatic N) is 19. The fourth-order valence-corrected chi connectivity index (χ4v) is 19.0. The summed E-state index contributed by atoms with van der Waals surface area (Å²) in [6.07, 6.45) is 37.9. The normalized spacial score (nSPS) is 13.6. The minimum absolute atomic E-state index is 0.172. The van der Waals surface area contributed by atoms with Gasteiger partial charge in [-0.05, 0) is 274 Å². The number of imidazole rings is 5. The van der Waals surface area contributed by atoms with Gasteiger partial charge in [-0.25, -0.2) is 71.8 Å². The van der Waals surface area contributed by atoms with E-state index in [-0.39, 0.29) is 47.1 Å². The van der Waals surface area contributed by atoms with Crippen molar-refractivity contribution in [3.8, 4) is 113 Å². The van der Waals surface area contributed by atoms with Crippen molar-refractivity contribution >= 4 is 61.1 Å². The third kappa shape index (κ3) is 20.0. The number of ether oxygens (including phenoxy) is 1. The van der Waals surface area contributed by atoms with E-state index in [9.17, 15) is 26.7 Å². The molecule has 24 rings (SSSR count). The number of hydrogen-bond acceptors (Lipinski definition) is 15. The highest BCUT2D eigenvalue weighted by atomic mass is 19.1. The van der Waals surface area contributed by atoms with Crippen molar-refractivity contribution in [3.05, 3.63) is 323 Å². The van der Waals surface area contributed by atoms with Gasteiger partial charge in [0, 0.05) is 209 Å². The molecule has 18 heterocycles. The van der Waals surface area contributed by atoms with Crippen LogP contribution in [0.3, 0.4) is 0 Å². The van der Waals surface area contributed by atoms with Gasteiger partial charge in [0.2, 0.25) is 5.91 Å². The SMILES string of the molecule is CC(C)OCCn1cnc(-c2ccc(F)cc2)c1-c1ccnc2[nH]ccc12.CN(C)CCC(=O)N1CCC(n2cnc(-c3ccc(F)cc3)c2-c2ccnc3[nH]ccc23)CC1.Cn1ccc(Cn2cnc(-c3ccc(F)cc3)c2-c2ccnc3[nH]ccc23)n1.Fc1ccc(-c2ncn(C3CCC3)c2-c2ccnc3[nH]ccc23)cc1.Fc1ccc(-c2ncn(C3CCNCC3)c2-c2ccnc3[nH]ccc23)cc1. The van der Waals surface area contributed by atoms with E-state index in [1.54, 1.807) is 83.9 Å². The van der Waals surface area contributed by atoms with Crippen LogP contribution in [0.4, 0.5) is 22.0 Å². The number of halogens is 5. The molecule has 3 aliphatic rings. The van der Waals surface area contributed by atoms with Crippen LogP contribution < -0.4 is 5.32 Å². The van der Waals surface area contributed by atoms with E-state index in [0.29, 0.717) is 38.2 Å². The number of aryl methyl sites for hydroxylation is 1. The number of hydrogen-bond donors (Lipinski definition) is 6. The molecule has 21 aromatic rings. The number of aromatic nitrogens is 22. The highest BCUT2D eigenvalue weighted by molar-refractivity contribution is 6.01. The maximum Gasteiger partial charge on any atom is 0.223 e. The number of piperidine rings is 2. The van der Waals surface area contributed by atoms with Gasteiger partial charge in [0.1, 0.15) is 57.3 Å². The van der Waals surface area contributed by atoms with Gasteiger partial charge in [0.05, 0.1) is 114 Å². The largest absolute Gasteiger partial charge is 0.377 e. The predicted molar refractivity (Wildman–Crippen MR) is 539 cm³/mol. The van der Waals surface area contributed by atoms with Crippen LogP contribution in [0.5, 0.6) is 0 Å². The fraction of sp³-hybridized carbons (Fsp3) is 0.229. The van der Waals surface area contributed by atoms with Crippen molar-refractivity contribution in [1.29, 1.82) is 0 Å². The van der Waals surface area contributed by atoms with Crippen molar-refractivity contribution < 1.29 is 31.5 Å². The van der Waals surface area contributed by atoms with E-state index < -0.39 is 0 Å². The van der Waals surface area contributed by atoms with E-state index >= 15 is 0 Å². The minimum Gasteiger partial charge on any atom is -0.377 e. The number of likely N-dealkylation sites (tertiary alicyclic amines) is 1. The molecule has 712 valence electrons. The van der Waals surface area contributed by atoms with Gasteiger partial charge >= 0.3 is 0 Å². The molecule has 0 bridgehead atoms. The molecule has 0 spiro atoms. The monoisotopic (exact) mass is 1890 g/mol. The Bertz CT molecular complexity index is 7850. The average molecular weight is 1890 g/mol. The van der Waals surface area contributed by atoms with Crippen LogP contribution in [-0.4, -0.2) is 183 Å². The molecule has 2 aliphatic heterocycles. The Balaban J connectivity index is 0.000000108. The zero-order valence-corrected chi connectivity index (χ0v) is 78.5. The highest BCUT2D eigenvalue weighted by Crippen LogP contribution is 2.46. The molecule has 6 N–H and O–H groups in total. The van der Waals surface area contributed by atoms with Crippen molar-refractivity contribution in [2.75, 3.05) is 53.4 Å². The van der Waals surface area contributed by atoms with Gasteiger partial charge in [-0.2, -0.15) is 5.10 Å². The molecule has 2 saturated heterocycles. The predicted octanol–water partition coefficient (Wildman–Crippen LogP) is 22.1. The molecule has 1 saturated carbocycles. The molecule has 3 fully saturated rings. The second-order valence-electron chi connectivity index (χ2n) is 35.9. The molecule has 0 radical (unpaired) electrons. The summed E-state index contributed by atoms with van der Waals surface area (Å²) >= 11 is 0. The number of rotatable bonds is 22. The number of benzene rings is 5. The number of carbonyl (C=O) groups is 1. The summed E-state index contributed by atoms with van der Waals surface area (Å²) in [4.78, 5) is 78.0. The van der Waals surface area contributed by atoms with E-state index in [0.717, 1.165) is 232 Å². The smallest absolute Gasteiger partial charge is 0.223 e. The summed E-state index contributed by atoms with van der Waals surface area (Å²) in [6.45, 7) is 10.1. The molecule has 0 atom stereocenters. The summed E-state index contributed by atoms with van der Waals surface area (Å²) in [5.41, 5.74) is 24.1. The van der Waals surface area contributed by atoms with E-state index in [1.807, 2.05) is 193 Å². The van der Waals surface area contributed by atoms with Crippen LogP contribution in [0.2, 0.25) is 0 Å².